The van der Waals surface area contributed by atoms with E-state index in [0.717, 1.165) is 43.0 Å². The lowest BCUT2D eigenvalue weighted by molar-refractivity contribution is -0.113. The number of thioether (sulfide) groups is 1. The summed E-state index contributed by atoms with van der Waals surface area (Å²) in [5, 5.41) is 3.65. The molecule has 3 aromatic heterocycles. The Hall–Kier alpha value is -2.71. The Morgan fingerprint density at radius 1 is 1.10 bits per heavy atom. The maximum atomic E-state index is 12.6. The highest BCUT2D eigenvalue weighted by Gasteiger charge is 2.18. The van der Waals surface area contributed by atoms with Gasteiger partial charge in [0, 0.05) is 16.9 Å². The topological polar surface area (TPSA) is 72.7 Å². The summed E-state index contributed by atoms with van der Waals surface area (Å²) in [7, 11) is 0. The van der Waals surface area contributed by atoms with E-state index in [-0.39, 0.29) is 11.7 Å². The van der Waals surface area contributed by atoms with E-state index >= 15 is 0 Å². The number of carbonyl (C=O) groups excluding carboxylic acids is 1. The number of aryl methyl sites for hydroxylation is 4. The normalized spacial score (nSPS) is 11.1. The summed E-state index contributed by atoms with van der Waals surface area (Å²) in [6.45, 7) is 8.21. The van der Waals surface area contributed by atoms with Gasteiger partial charge in [0.2, 0.25) is 5.91 Å². The third-order valence-electron chi connectivity index (χ3n) is 4.92. The van der Waals surface area contributed by atoms with E-state index in [0.29, 0.717) is 5.82 Å². The molecule has 0 atom stereocenters. The zero-order valence-electron chi connectivity index (χ0n) is 17.7. The number of hydrogen-bond acceptors (Lipinski definition) is 5. The quantitative estimate of drug-likeness (QED) is 0.367. The zero-order chi connectivity index (χ0) is 22.1. The summed E-state index contributed by atoms with van der Waals surface area (Å²) < 4.78 is 3.01. The van der Waals surface area contributed by atoms with E-state index in [2.05, 4.69) is 68.7 Å². The molecule has 31 heavy (non-hydrogen) atoms. The van der Waals surface area contributed by atoms with Crippen molar-refractivity contribution in [3.05, 3.63) is 69.6 Å². The first-order valence-electron chi connectivity index (χ1n) is 9.79. The maximum Gasteiger partial charge on any atom is 0.236 e. The lowest BCUT2D eigenvalue weighted by Crippen LogP contribution is -2.16. The van der Waals surface area contributed by atoms with Crippen molar-refractivity contribution >= 4 is 50.5 Å². The van der Waals surface area contributed by atoms with Crippen molar-refractivity contribution in [2.75, 3.05) is 11.1 Å². The first kappa shape index (κ1) is 21.5. The Morgan fingerprint density at radius 2 is 1.84 bits per heavy atom. The average molecular weight is 496 g/mol. The minimum Gasteiger partial charge on any atom is -0.310 e. The van der Waals surface area contributed by atoms with Gasteiger partial charge in [0.15, 0.2) is 5.16 Å². The fourth-order valence-corrected chi connectivity index (χ4v) is 4.98. The Bertz CT molecular complexity index is 1280. The Balaban J connectivity index is 1.66. The van der Waals surface area contributed by atoms with E-state index in [1.807, 2.05) is 19.1 Å². The Labute approximate surface area is 193 Å². The molecule has 1 N–H and O–H groups in total. The smallest absolute Gasteiger partial charge is 0.236 e. The molecule has 0 aliphatic carbocycles. The van der Waals surface area contributed by atoms with Crippen LogP contribution in [0.3, 0.4) is 0 Å². The maximum absolute atomic E-state index is 12.6. The molecule has 0 unspecified atom stereocenters. The van der Waals surface area contributed by atoms with Gasteiger partial charge < -0.3 is 5.32 Å². The number of nitrogens with one attached hydrogen (secondary N) is 1. The Morgan fingerprint density at radius 3 is 2.55 bits per heavy atom. The average Bonchev–Trinajstić information content (AvgIpc) is 3.06. The summed E-state index contributed by atoms with van der Waals surface area (Å²) >= 11 is 4.79. The first-order chi connectivity index (χ1) is 14.8. The molecule has 1 aromatic carbocycles. The standard InChI is InChI=1S/C23H22BrN5OS/c1-13-7-14(2)21(15(3)8-13)29-19-5-6-25-11-18(19)27-23(29)31-12-20(30)28-22-16(4)9-17(24)10-26-22/h5-11H,12H2,1-4H3,(H,26,28,30). The van der Waals surface area contributed by atoms with Gasteiger partial charge in [-0.25, -0.2) is 9.97 Å². The first-order valence-corrected chi connectivity index (χ1v) is 11.6. The SMILES string of the molecule is Cc1cc(C)c(-n2c(SCC(=O)Nc3ncc(Br)cc3C)nc3cnccc32)c(C)c1. The molecule has 4 rings (SSSR count). The van der Waals surface area contributed by atoms with Crippen molar-refractivity contribution in [3.63, 3.8) is 0 Å². The van der Waals surface area contributed by atoms with E-state index < -0.39 is 0 Å². The number of imidazole rings is 1. The van der Waals surface area contributed by atoms with Crippen LogP contribution in [0.15, 0.2) is 52.5 Å². The van der Waals surface area contributed by atoms with Crippen LogP contribution < -0.4 is 5.32 Å². The number of benzene rings is 1. The van der Waals surface area contributed by atoms with Crippen LogP contribution in [-0.4, -0.2) is 31.2 Å². The molecule has 0 radical (unpaired) electrons. The van der Waals surface area contributed by atoms with Crippen molar-refractivity contribution in [2.45, 2.75) is 32.9 Å². The molecule has 0 saturated carbocycles. The molecule has 0 fully saturated rings. The molecular weight excluding hydrogens is 474 g/mol. The van der Waals surface area contributed by atoms with Gasteiger partial charge in [0.25, 0.3) is 0 Å². The highest BCUT2D eigenvalue weighted by molar-refractivity contribution is 9.10. The molecule has 0 spiro atoms. The van der Waals surface area contributed by atoms with Gasteiger partial charge in [-0.15, -0.1) is 0 Å². The van der Waals surface area contributed by atoms with Gasteiger partial charge in [-0.05, 0) is 72.4 Å². The fraction of sp³-hybridized carbons (Fsp3) is 0.217. The molecule has 0 bridgehead atoms. The van der Waals surface area contributed by atoms with E-state index in [9.17, 15) is 4.79 Å². The molecule has 8 heteroatoms. The number of carbonyl (C=O) groups is 1. The highest BCUT2D eigenvalue weighted by atomic mass is 79.9. The molecule has 1 amide bonds. The van der Waals surface area contributed by atoms with E-state index in [1.54, 1.807) is 18.6 Å². The highest BCUT2D eigenvalue weighted by Crippen LogP contribution is 2.31. The summed E-state index contributed by atoms with van der Waals surface area (Å²) in [6.07, 6.45) is 5.19. The van der Waals surface area contributed by atoms with E-state index in [4.69, 9.17) is 4.98 Å². The van der Waals surface area contributed by atoms with Gasteiger partial charge >= 0.3 is 0 Å². The second kappa shape index (κ2) is 8.80. The number of rotatable bonds is 5. The number of pyridine rings is 2. The van der Waals surface area contributed by atoms with Crippen molar-refractivity contribution in [1.82, 2.24) is 19.5 Å². The number of nitrogens with zero attached hydrogens (tertiary/aromatic N) is 4. The van der Waals surface area contributed by atoms with Crippen LogP contribution in [0, 0.1) is 27.7 Å². The molecule has 0 saturated heterocycles. The van der Waals surface area contributed by atoms with Crippen LogP contribution in [0.5, 0.6) is 0 Å². The van der Waals surface area contributed by atoms with Crippen molar-refractivity contribution in [1.29, 1.82) is 0 Å². The zero-order valence-corrected chi connectivity index (χ0v) is 20.1. The largest absolute Gasteiger partial charge is 0.310 e. The lowest BCUT2D eigenvalue weighted by Gasteiger charge is -2.16. The van der Waals surface area contributed by atoms with Gasteiger partial charge in [-0.2, -0.15) is 0 Å². The van der Waals surface area contributed by atoms with Crippen LogP contribution in [0.2, 0.25) is 0 Å². The number of hydrogen-bond donors (Lipinski definition) is 1. The number of halogens is 1. The van der Waals surface area contributed by atoms with Crippen LogP contribution in [0.1, 0.15) is 22.3 Å². The van der Waals surface area contributed by atoms with Crippen LogP contribution >= 0.6 is 27.7 Å². The van der Waals surface area contributed by atoms with Gasteiger partial charge in [-0.3, -0.25) is 14.3 Å². The number of anilines is 1. The fourth-order valence-electron chi connectivity index (χ4n) is 3.72. The summed E-state index contributed by atoms with van der Waals surface area (Å²) in [5.74, 6) is 0.659. The molecule has 0 aliphatic heterocycles. The lowest BCUT2D eigenvalue weighted by atomic mass is 10.0. The second-order valence-corrected chi connectivity index (χ2v) is 9.36. The molecule has 0 aliphatic rings. The van der Waals surface area contributed by atoms with Crippen molar-refractivity contribution in [3.8, 4) is 5.69 Å². The van der Waals surface area contributed by atoms with Gasteiger partial charge in [0.1, 0.15) is 11.3 Å². The van der Waals surface area contributed by atoms with Gasteiger partial charge in [0.05, 0.1) is 23.2 Å². The number of fused-ring (bicyclic) bond motifs is 1. The predicted molar refractivity (Wildman–Crippen MR) is 129 cm³/mol. The Kier molecular flexibility index (Phi) is 6.11. The predicted octanol–water partition coefficient (Wildman–Crippen LogP) is 5.54. The molecule has 4 aromatic rings. The van der Waals surface area contributed by atoms with Crippen molar-refractivity contribution in [2.24, 2.45) is 0 Å². The minimum atomic E-state index is -0.128. The summed E-state index contributed by atoms with van der Waals surface area (Å²) in [5.41, 5.74) is 7.30. The minimum absolute atomic E-state index is 0.128. The van der Waals surface area contributed by atoms with Crippen LogP contribution in [0.25, 0.3) is 16.7 Å². The molecule has 6 nitrogen and oxygen atoms in total. The summed E-state index contributed by atoms with van der Waals surface area (Å²) in [4.78, 5) is 25.9. The van der Waals surface area contributed by atoms with Gasteiger partial charge in [-0.1, -0.05) is 29.5 Å². The second-order valence-electron chi connectivity index (χ2n) is 7.50. The third-order valence-corrected chi connectivity index (χ3v) is 6.29. The van der Waals surface area contributed by atoms with E-state index in [1.165, 1.54) is 17.3 Å². The molecular formula is C23H22BrN5OS. The third kappa shape index (κ3) is 4.50. The molecule has 158 valence electrons. The van der Waals surface area contributed by atoms with Crippen LogP contribution in [0.4, 0.5) is 5.82 Å². The van der Waals surface area contributed by atoms with Crippen molar-refractivity contribution < 1.29 is 4.79 Å². The summed E-state index contributed by atoms with van der Waals surface area (Å²) in [6, 6.07) is 8.21. The molecule has 3 heterocycles. The van der Waals surface area contributed by atoms with Crippen LogP contribution in [-0.2, 0) is 4.79 Å². The number of amides is 1. The monoisotopic (exact) mass is 495 g/mol. The number of aromatic nitrogens is 4.